The normalized spacial score (nSPS) is 12.6. The van der Waals surface area contributed by atoms with Gasteiger partial charge in [0.05, 0.1) is 6.04 Å². The van der Waals surface area contributed by atoms with Crippen LogP contribution in [0.1, 0.15) is 17.2 Å². The topological polar surface area (TPSA) is 38.9 Å². The number of fused-ring (bicyclic) bond motifs is 1. The lowest BCUT2D eigenvalue weighted by molar-refractivity contribution is 0.598. The molecule has 2 aromatic carbocycles. The molecule has 1 unspecified atom stereocenters. The van der Waals surface area contributed by atoms with E-state index in [1.165, 1.54) is 6.07 Å². The first-order valence-electron chi connectivity index (χ1n) is 6.20. The Labute approximate surface area is 124 Å². The maximum absolute atomic E-state index is 14.1. The van der Waals surface area contributed by atoms with Crippen molar-refractivity contribution in [1.82, 2.24) is 4.98 Å². The summed E-state index contributed by atoms with van der Waals surface area (Å²) in [6.45, 7) is 0. The van der Waals surface area contributed by atoms with Crippen LogP contribution in [0.25, 0.3) is 10.8 Å². The van der Waals surface area contributed by atoms with Gasteiger partial charge in [0, 0.05) is 27.8 Å². The van der Waals surface area contributed by atoms with Gasteiger partial charge < -0.3 is 5.73 Å². The second kappa shape index (κ2) is 5.31. The summed E-state index contributed by atoms with van der Waals surface area (Å²) in [6, 6.07) is 12.0. The number of benzene rings is 2. The van der Waals surface area contributed by atoms with Crippen molar-refractivity contribution in [3.8, 4) is 0 Å². The van der Waals surface area contributed by atoms with Gasteiger partial charge in [-0.3, -0.25) is 4.98 Å². The van der Waals surface area contributed by atoms with Crippen LogP contribution in [0.3, 0.4) is 0 Å². The highest BCUT2D eigenvalue weighted by Crippen LogP contribution is 2.32. The third-order valence-corrected chi connectivity index (χ3v) is 4.05. The predicted molar refractivity (Wildman–Crippen MR) is 81.9 cm³/mol. The van der Waals surface area contributed by atoms with Gasteiger partial charge in [-0.15, -0.1) is 0 Å². The zero-order valence-corrected chi connectivity index (χ0v) is 12.1. The van der Waals surface area contributed by atoms with E-state index in [1.54, 1.807) is 24.5 Å². The van der Waals surface area contributed by atoms with E-state index in [0.29, 0.717) is 10.0 Å². The third-order valence-electron chi connectivity index (χ3n) is 3.36. The average Bonchev–Trinajstić information content (AvgIpc) is 2.46. The molecule has 2 nitrogen and oxygen atoms in total. The van der Waals surface area contributed by atoms with Gasteiger partial charge in [0.15, 0.2) is 0 Å². The van der Waals surface area contributed by atoms with Crippen LogP contribution in [0.15, 0.2) is 59.3 Å². The summed E-state index contributed by atoms with van der Waals surface area (Å²) in [5.41, 5.74) is 7.65. The molecule has 1 heterocycles. The van der Waals surface area contributed by atoms with Gasteiger partial charge in [-0.25, -0.2) is 4.39 Å². The maximum Gasteiger partial charge on any atom is 0.129 e. The fourth-order valence-corrected chi connectivity index (χ4v) is 2.97. The Hall–Kier alpha value is -1.78. The molecule has 0 saturated heterocycles. The Morgan fingerprint density at radius 3 is 2.70 bits per heavy atom. The second-order valence-electron chi connectivity index (χ2n) is 4.56. The lowest BCUT2D eigenvalue weighted by Gasteiger charge is -2.17. The lowest BCUT2D eigenvalue weighted by Crippen LogP contribution is -2.14. The van der Waals surface area contributed by atoms with Gasteiger partial charge in [0.2, 0.25) is 0 Å². The molecule has 3 rings (SSSR count). The molecular formula is C16H12BrFN2. The van der Waals surface area contributed by atoms with Gasteiger partial charge in [-0.05, 0) is 29.1 Å². The molecule has 0 aliphatic carbocycles. The summed E-state index contributed by atoms with van der Waals surface area (Å²) >= 11 is 3.38. The van der Waals surface area contributed by atoms with E-state index in [1.807, 2.05) is 24.3 Å². The number of nitrogens with zero attached hydrogens (tertiary/aromatic N) is 1. The molecule has 0 aliphatic heterocycles. The number of nitrogens with two attached hydrogens (primary N) is 1. The molecule has 0 radical (unpaired) electrons. The predicted octanol–water partition coefficient (Wildman–Crippen LogP) is 4.18. The molecule has 1 atom stereocenters. The van der Waals surface area contributed by atoms with Gasteiger partial charge in [0.1, 0.15) is 5.82 Å². The van der Waals surface area contributed by atoms with Crippen LogP contribution in [0.5, 0.6) is 0 Å². The van der Waals surface area contributed by atoms with E-state index in [0.717, 1.165) is 16.3 Å². The lowest BCUT2D eigenvalue weighted by atomic mass is 9.95. The van der Waals surface area contributed by atoms with Crippen molar-refractivity contribution in [3.63, 3.8) is 0 Å². The Kier molecular flexibility index (Phi) is 3.51. The van der Waals surface area contributed by atoms with Crippen molar-refractivity contribution in [2.75, 3.05) is 0 Å². The van der Waals surface area contributed by atoms with E-state index < -0.39 is 6.04 Å². The van der Waals surface area contributed by atoms with Crippen molar-refractivity contribution < 1.29 is 4.39 Å². The third kappa shape index (κ3) is 2.21. The standard InChI is InChI=1S/C16H12BrFN2/c17-13-5-2-6-14(18)15(13)16(19)12-4-1-3-10-9-20-8-7-11(10)12/h1-9,16H,19H2. The highest BCUT2D eigenvalue weighted by molar-refractivity contribution is 9.10. The van der Waals surface area contributed by atoms with Gasteiger partial charge in [0.25, 0.3) is 0 Å². The fraction of sp³-hybridized carbons (Fsp3) is 0.0625. The summed E-state index contributed by atoms with van der Waals surface area (Å²) in [7, 11) is 0. The Morgan fingerprint density at radius 1 is 1.10 bits per heavy atom. The maximum atomic E-state index is 14.1. The fourth-order valence-electron chi connectivity index (χ4n) is 2.38. The molecule has 0 bridgehead atoms. The van der Waals surface area contributed by atoms with Crippen LogP contribution in [0.2, 0.25) is 0 Å². The number of rotatable bonds is 2. The zero-order chi connectivity index (χ0) is 14.1. The molecule has 0 aliphatic rings. The number of aromatic nitrogens is 1. The summed E-state index contributed by atoms with van der Waals surface area (Å²) in [6.07, 6.45) is 3.50. The quantitative estimate of drug-likeness (QED) is 0.765. The van der Waals surface area contributed by atoms with E-state index >= 15 is 0 Å². The molecule has 3 aromatic rings. The Morgan fingerprint density at radius 2 is 1.90 bits per heavy atom. The van der Waals surface area contributed by atoms with Crippen LogP contribution in [0, 0.1) is 5.82 Å². The number of hydrogen-bond acceptors (Lipinski definition) is 2. The van der Waals surface area contributed by atoms with Crippen LogP contribution >= 0.6 is 15.9 Å². The molecule has 20 heavy (non-hydrogen) atoms. The number of pyridine rings is 1. The number of hydrogen-bond donors (Lipinski definition) is 1. The summed E-state index contributed by atoms with van der Waals surface area (Å²) in [5, 5.41) is 1.98. The SMILES string of the molecule is NC(c1c(F)cccc1Br)c1cccc2cnccc12. The molecule has 2 N–H and O–H groups in total. The Balaban J connectivity index is 2.21. The summed E-state index contributed by atoms with van der Waals surface area (Å²) in [5.74, 6) is -0.307. The summed E-state index contributed by atoms with van der Waals surface area (Å²) < 4.78 is 14.7. The first-order valence-corrected chi connectivity index (χ1v) is 7.00. The zero-order valence-electron chi connectivity index (χ0n) is 10.6. The first kappa shape index (κ1) is 13.2. The molecule has 0 amide bonds. The van der Waals surface area contributed by atoms with E-state index in [9.17, 15) is 4.39 Å². The summed E-state index contributed by atoms with van der Waals surface area (Å²) in [4.78, 5) is 4.10. The van der Waals surface area contributed by atoms with Crippen molar-refractivity contribution >= 4 is 26.7 Å². The van der Waals surface area contributed by atoms with E-state index in [2.05, 4.69) is 20.9 Å². The molecule has 4 heteroatoms. The molecule has 0 saturated carbocycles. The Bertz CT molecular complexity index is 748. The van der Waals surface area contributed by atoms with Crippen LogP contribution in [-0.2, 0) is 0 Å². The smallest absolute Gasteiger partial charge is 0.129 e. The van der Waals surface area contributed by atoms with Gasteiger partial charge >= 0.3 is 0 Å². The van der Waals surface area contributed by atoms with Crippen LogP contribution in [-0.4, -0.2) is 4.98 Å². The second-order valence-corrected chi connectivity index (χ2v) is 5.41. The minimum absolute atomic E-state index is 0.307. The highest BCUT2D eigenvalue weighted by Gasteiger charge is 2.18. The monoisotopic (exact) mass is 330 g/mol. The van der Waals surface area contributed by atoms with E-state index in [-0.39, 0.29) is 5.82 Å². The van der Waals surface area contributed by atoms with Crippen molar-refractivity contribution in [2.45, 2.75) is 6.04 Å². The van der Waals surface area contributed by atoms with Crippen molar-refractivity contribution in [1.29, 1.82) is 0 Å². The van der Waals surface area contributed by atoms with Gasteiger partial charge in [-0.2, -0.15) is 0 Å². The molecular weight excluding hydrogens is 319 g/mol. The highest BCUT2D eigenvalue weighted by atomic mass is 79.9. The molecule has 1 aromatic heterocycles. The molecule has 100 valence electrons. The van der Waals surface area contributed by atoms with Crippen molar-refractivity contribution in [3.05, 3.63) is 76.3 Å². The molecule has 0 fully saturated rings. The average molecular weight is 331 g/mol. The van der Waals surface area contributed by atoms with Gasteiger partial charge in [-0.1, -0.05) is 40.2 Å². The van der Waals surface area contributed by atoms with Crippen LogP contribution in [0.4, 0.5) is 4.39 Å². The largest absolute Gasteiger partial charge is 0.320 e. The number of halogens is 2. The molecule has 0 spiro atoms. The van der Waals surface area contributed by atoms with Crippen LogP contribution < -0.4 is 5.73 Å². The van der Waals surface area contributed by atoms with E-state index in [4.69, 9.17) is 5.73 Å². The van der Waals surface area contributed by atoms with Crippen molar-refractivity contribution in [2.24, 2.45) is 5.73 Å². The minimum atomic E-state index is -0.531. The minimum Gasteiger partial charge on any atom is -0.320 e. The first-order chi connectivity index (χ1) is 9.68.